The first kappa shape index (κ1) is 17.3. The number of nitrogens with zero attached hydrogens (tertiary/aromatic N) is 1. The minimum atomic E-state index is -1.23. The first-order valence-corrected chi connectivity index (χ1v) is 8.73. The van der Waals surface area contributed by atoms with Gasteiger partial charge in [0.1, 0.15) is 4.75 Å². The van der Waals surface area contributed by atoms with Crippen LogP contribution in [0.15, 0.2) is 5.38 Å². The summed E-state index contributed by atoms with van der Waals surface area (Å²) < 4.78 is 11.3. The van der Waals surface area contributed by atoms with Gasteiger partial charge in [0.05, 0.1) is 5.69 Å². The van der Waals surface area contributed by atoms with E-state index in [1.165, 1.54) is 11.3 Å². The minimum Gasteiger partial charge on any atom is -0.301 e. The number of thiazole rings is 1. The number of hydrogen-bond donors (Lipinski definition) is 1. The molecule has 1 rings (SSSR count). The highest BCUT2D eigenvalue weighted by Crippen LogP contribution is 2.27. The van der Waals surface area contributed by atoms with Crippen molar-refractivity contribution in [3.63, 3.8) is 0 Å². The van der Waals surface area contributed by atoms with Crippen LogP contribution >= 0.6 is 11.3 Å². The molecule has 1 amide bonds. The van der Waals surface area contributed by atoms with Crippen LogP contribution in [-0.4, -0.2) is 25.1 Å². The summed E-state index contributed by atoms with van der Waals surface area (Å²) in [7, 11) is -1.23. The van der Waals surface area contributed by atoms with E-state index in [9.17, 15) is 9.00 Å². The van der Waals surface area contributed by atoms with Gasteiger partial charge in [-0.3, -0.25) is 9.00 Å². The molecule has 0 saturated heterocycles. The first-order chi connectivity index (χ1) is 8.96. The van der Waals surface area contributed by atoms with E-state index in [0.29, 0.717) is 5.13 Å². The number of rotatable bonds is 4. The van der Waals surface area contributed by atoms with Crippen molar-refractivity contribution in [1.82, 2.24) is 4.98 Å². The average molecular weight is 316 g/mol. The summed E-state index contributed by atoms with van der Waals surface area (Å²) in [6, 6.07) is 0. The van der Waals surface area contributed by atoms with E-state index in [-0.39, 0.29) is 16.6 Å². The molecule has 6 heteroatoms. The van der Waals surface area contributed by atoms with E-state index < -0.39 is 15.5 Å². The summed E-state index contributed by atoms with van der Waals surface area (Å²) in [6.07, 6.45) is 0. The van der Waals surface area contributed by atoms with Gasteiger partial charge in [0.2, 0.25) is 5.91 Å². The van der Waals surface area contributed by atoms with Crippen LogP contribution in [0.2, 0.25) is 0 Å². The quantitative estimate of drug-likeness (QED) is 0.927. The summed E-state index contributed by atoms with van der Waals surface area (Å²) >= 11 is 1.40. The second kappa shape index (κ2) is 5.93. The van der Waals surface area contributed by atoms with Gasteiger partial charge in [-0.15, -0.1) is 11.3 Å². The summed E-state index contributed by atoms with van der Waals surface area (Å²) in [5.74, 6) is -0.251. The van der Waals surface area contributed by atoms with E-state index in [2.05, 4.69) is 31.1 Å². The fourth-order valence-electron chi connectivity index (χ4n) is 1.60. The third kappa shape index (κ3) is 3.88. The Morgan fingerprint density at radius 1 is 1.30 bits per heavy atom. The monoisotopic (exact) mass is 316 g/mol. The Bertz CT molecular complexity index is 513. The van der Waals surface area contributed by atoms with E-state index in [4.69, 9.17) is 0 Å². The Balaban J connectivity index is 2.86. The van der Waals surface area contributed by atoms with E-state index in [1.807, 2.05) is 19.2 Å². The van der Waals surface area contributed by atoms with Crippen molar-refractivity contribution in [3.05, 3.63) is 11.1 Å². The molecule has 1 heterocycles. The molecule has 0 aliphatic carbocycles. The zero-order valence-electron chi connectivity index (χ0n) is 13.2. The summed E-state index contributed by atoms with van der Waals surface area (Å²) in [5.41, 5.74) is 0.899. The van der Waals surface area contributed by atoms with Gasteiger partial charge < -0.3 is 5.32 Å². The lowest BCUT2D eigenvalue weighted by atomic mass is 9.93. The molecule has 0 aliphatic heterocycles. The van der Waals surface area contributed by atoms with Gasteiger partial charge in [0.25, 0.3) is 0 Å². The summed E-state index contributed by atoms with van der Waals surface area (Å²) in [4.78, 5) is 16.7. The van der Waals surface area contributed by atoms with Crippen molar-refractivity contribution < 1.29 is 9.00 Å². The van der Waals surface area contributed by atoms with Gasteiger partial charge in [-0.25, -0.2) is 4.98 Å². The predicted molar refractivity (Wildman–Crippen MR) is 86.8 cm³/mol. The van der Waals surface area contributed by atoms with Gasteiger partial charge in [-0.1, -0.05) is 34.6 Å². The van der Waals surface area contributed by atoms with Gasteiger partial charge in [0.15, 0.2) is 5.13 Å². The number of anilines is 1. The summed E-state index contributed by atoms with van der Waals surface area (Å²) in [5, 5.41) is 5.24. The lowest BCUT2D eigenvalue weighted by Gasteiger charge is -2.24. The van der Waals surface area contributed by atoms with Crippen molar-refractivity contribution >= 4 is 33.2 Å². The van der Waals surface area contributed by atoms with Crippen LogP contribution in [-0.2, 0) is 21.0 Å². The van der Waals surface area contributed by atoms with Gasteiger partial charge >= 0.3 is 0 Å². The number of amides is 1. The largest absolute Gasteiger partial charge is 0.301 e. The van der Waals surface area contributed by atoms with Crippen LogP contribution in [0.4, 0.5) is 5.13 Å². The number of nitrogens with one attached hydrogen (secondary N) is 1. The van der Waals surface area contributed by atoms with Crippen LogP contribution in [0.5, 0.6) is 0 Å². The van der Waals surface area contributed by atoms with E-state index in [0.717, 1.165) is 5.69 Å². The van der Waals surface area contributed by atoms with Crippen molar-refractivity contribution in [2.45, 2.75) is 63.9 Å². The number of carbonyl (C=O) groups excluding carboxylic acids is 1. The summed E-state index contributed by atoms with van der Waals surface area (Å²) in [6.45, 7) is 13.3. The molecule has 0 fully saturated rings. The van der Waals surface area contributed by atoms with Crippen molar-refractivity contribution in [3.8, 4) is 0 Å². The van der Waals surface area contributed by atoms with Crippen molar-refractivity contribution in [2.24, 2.45) is 0 Å². The van der Waals surface area contributed by atoms with Crippen molar-refractivity contribution in [1.29, 1.82) is 0 Å². The second-order valence-corrected chi connectivity index (χ2v) is 10.0. The Morgan fingerprint density at radius 2 is 1.85 bits per heavy atom. The average Bonchev–Trinajstić information content (AvgIpc) is 2.75. The van der Waals surface area contributed by atoms with Crippen LogP contribution in [0.3, 0.4) is 0 Å². The molecular weight excluding hydrogens is 292 g/mol. The van der Waals surface area contributed by atoms with Crippen LogP contribution in [0.1, 0.15) is 54.2 Å². The van der Waals surface area contributed by atoms with Crippen LogP contribution < -0.4 is 5.32 Å². The fraction of sp³-hybridized carbons (Fsp3) is 0.714. The zero-order chi connectivity index (χ0) is 15.7. The Labute approximate surface area is 127 Å². The highest BCUT2D eigenvalue weighted by Gasteiger charge is 2.36. The molecule has 0 bridgehead atoms. The smallest absolute Gasteiger partial charge is 0.244 e. The third-order valence-electron chi connectivity index (χ3n) is 2.97. The Morgan fingerprint density at radius 3 is 2.25 bits per heavy atom. The Hall–Kier alpha value is -0.750. The maximum absolute atomic E-state index is 12.3. The first-order valence-electron chi connectivity index (χ1n) is 6.64. The lowest BCUT2D eigenvalue weighted by molar-refractivity contribution is -0.117. The molecule has 1 unspecified atom stereocenters. The van der Waals surface area contributed by atoms with Gasteiger partial charge in [-0.2, -0.15) is 0 Å². The molecule has 20 heavy (non-hydrogen) atoms. The van der Waals surface area contributed by atoms with Gasteiger partial charge in [0, 0.05) is 26.8 Å². The molecule has 114 valence electrons. The zero-order valence-corrected chi connectivity index (χ0v) is 14.9. The molecule has 4 nitrogen and oxygen atoms in total. The third-order valence-corrected chi connectivity index (χ3v) is 5.78. The normalized spacial score (nSPS) is 14.4. The molecule has 1 aromatic heterocycles. The molecule has 0 aromatic carbocycles. The molecule has 0 aliphatic rings. The molecule has 1 atom stereocenters. The molecule has 1 aromatic rings. The van der Waals surface area contributed by atoms with E-state index in [1.54, 1.807) is 13.8 Å². The lowest BCUT2D eigenvalue weighted by Crippen LogP contribution is -2.43. The number of aromatic nitrogens is 1. The molecule has 0 radical (unpaired) electrons. The standard InChI is InChI=1S/C14H24N2O2S2/c1-9(2)20(18)14(6,7)11(17)16-12-15-10(8-19-12)13(3,4)5/h8-9H,1-7H3,(H,15,16,17). The van der Waals surface area contributed by atoms with Crippen LogP contribution in [0.25, 0.3) is 0 Å². The van der Waals surface area contributed by atoms with Crippen molar-refractivity contribution in [2.75, 3.05) is 5.32 Å². The van der Waals surface area contributed by atoms with Crippen LogP contribution in [0, 0.1) is 0 Å². The SMILES string of the molecule is CC(C)S(=O)C(C)(C)C(=O)Nc1nc(C(C)(C)C)cs1. The minimum absolute atomic E-state index is 0.0459. The second-order valence-electron chi connectivity index (χ2n) is 6.60. The van der Waals surface area contributed by atoms with E-state index >= 15 is 0 Å². The number of hydrogen-bond acceptors (Lipinski definition) is 4. The number of carbonyl (C=O) groups is 1. The highest BCUT2D eigenvalue weighted by molar-refractivity contribution is 7.87. The fourth-order valence-corrected chi connectivity index (χ4v) is 3.95. The maximum atomic E-state index is 12.3. The van der Waals surface area contributed by atoms with Gasteiger partial charge in [-0.05, 0) is 13.8 Å². The highest BCUT2D eigenvalue weighted by atomic mass is 32.2. The molecule has 0 spiro atoms. The maximum Gasteiger partial charge on any atom is 0.244 e. The topological polar surface area (TPSA) is 59.1 Å². The molecule has 1 N–H and O–H groups in total. The predicted octanol–water partition coefficient (Wildman–Crippen LogP) is 3.31. The molecule has 0 saturated carbocycles. The Kier molecular flexibility index (Phi) is 5.13. The molecular formula is C14H24N2O2S2.